The Kier molecular flexibility index (Phi) is 5.49. The summed E-state index contributed by atoms with van der Waals surface area (Å²) >= 11 is 0. The number of hydrogen-bond acceptors (Lipinski definition) is 5. The van der Waals surface area contributed by atoms with Crippen molar-refractivity contribution < 1.29 is 14.3 Å². The number of aromatic nitrogens is 1. The SMILES string of the molecule is COc1cccc(C[C@H]2[C@H]3C[C@H](CN(c4ccc(C(N)=O)cn4)C3)[C@@H]3CCCC(=O)N32)c1. The Morgan fingerprint density at radius 2 is 2.06 bits per heavy atom. The number of piperidine rings is 3. The lowest BCUT2D eigenvalue weighted by molar-refractivity contribution is -0.148. The molecule has 4 heterocycles. The van der Waals surface area contributed by atoms with E-state index in [0.29, 0.717) is 29.7 Å². The van der Waals surface area contributed by atoms with Gasteiger partial charge in [0.05, 0.1) is 12.7 Å². The van der Waals surface area contributed by atoms with Gasteiger partial charge in [0, 0.05) is 37.8 Å². The zero-order valence-corrected chi connectivity index (χ0v) is 18.4. The molecule has 4 atom stereocenters. The maximum Gasteiger partial charge on any atom is 0.250 e. The number of rotatable bonds is 5. The lowest BCUT2D eigenvalue weighted by Crippen LogP contribution is -2.65. The van der Waals surface area contributed by atoms with Gasteiger partial charge in [-0.3, -0.25) is 9.59 Å². The van der Waals surface area contributed by atoms with Gasteiger partial charge in [-0.1, -0.05) is 12.1 Å². The number of carbonyl (C=O) groups is 2. The van der Waals surface area contributed by atoms with Crippen LogP contribution in [0, 0.1) is 11.8 Å². The lowest BCUT2D eigenvalue weighted by Gasteiger charge is -2.57. The normalized spacial score (nSPS) is 27.1. The van der Waals surface area contributed by atoms with Gasteiger partial charge in [0.2, 0.25) is 11.8 Å². The monoisotopic (exact) mass is 434 g/mol. The number of primary amides is 1. The van der Waals surface area contributed by atoms with Crippen LogP contribution in [0.3, 0.4) is 0 Å². The van der Waals surface area contributed by atoms with Crippen LogP contribution in [0.2, 0.25) is 0 Å². The van der Waals surface area contributed by atoms with E-state index in [1.807, 2.05) is 18.2 Å². The topological polar surface area (TPSA) is 88.8 Å². The van der Waals surface area contributed by atoms with Crippen molar-refractivity contribution in [2.24, 2.45) is 17.6 Å². The lowest BCUT2D eigenvalue weighted by atomic mass is 9.70. The minimum absolute atomic E-state index is 0.170. The third kappa shape index (κ3) is 3.80. The smallest absolute Gasteiger partial charge is 0.250 e. The van der Waals surface area contributed by atoms with E-state index in [9.17, 15) is 9.59 Å². The summed E-state index contributed by atoms with van der Waals surface area (Å²) in [5.74, 6) is 2.38. The average Bonchev–Trinajstić information content (AvgIpc) is 2.82. The van der Waals surface area contributed by atoms with E-state index in [1.165, 1.54) is 5.56 Å². The number of nitrogens with zero attached hydrogens (tertiary/aromatic N) is 3. The molecule has 1 aromatic heterocycles. The van der Waals surface area contributed by atoms with Crippen molar-refractivity contribution in [3.05, 3.63) is 53.7 Å². The Hall–Kier alpha value is -3.09. The fourth-order valence-corrected chi connectivity index (χ4v) is 5.98. The van der Waals surface area contributed by atoms with Gasteiger partial charge in [-0.2, -0.15) is 0 Å². The molecule has 2 N–H and O–H groups in total. The number of pyridine rings is 1. The molecule has 7 nitrogen and oxygen atoms in total. The Morgan fingerprint density at radius 3 is 2.81 bits per heavy atom. The van der Waals surface area contributed by atoms with Crippen LogP contribution < -0.4 is 15.4 Å². The number of fused-ring (bicyclic) bond motifs is 4. The first kappa shape index (κ1) is 20.8. The van der Waals surface area contributed by atoms with Gasteiger partial charge in [-0.05, 0) is 67.3 Å². The quantitative estimate of drug-likeness (QED) is 0.782. The molecular weight excluding hydrogens is 404 g/mol. The molecule has 0 spiro atoms. The highest BCUT2D eigenvalue weighted by Crippen LogP contribution is 2.43. The summed E-state index contributed by atoms with van der Waals surface area (Å²) in [6.45, 7) is 1.74. The first-order valence-corrected chi connectivity index (χ1v) is 11.5. The second kappa shape index (κ2) is 8.45. The standard InChI is InChI=1S/C25H30N4O3/c1-32-20-5-2-4-16(10-20)11-22-19-12-18(21-6-3-7-24(30)29(21)22)14-28(15-19)23-9-8-17(13-27-23)25(26)31/h2,4-5,8-10,13,18-19,21-22H,3,6-7,11-12,14-15H2,1H3,(H2,26,31)/t18-,19+,21+,22+/m1/s1. The second-order valence-electron chi connectivity index (χ2n) is 9.31. The van der Waals surface area contributed by atoms with E-state index in [-0.39, 0.29) is 12.1 Å². The molecule has 5 rings (SSSR count). The molecule has 0 saturated carbocycles. The molecule has 2 bridgehead atoms. The van der Waals surface area contributed by atoms with Crippen LogP contribution in [0.15, 0.2) is 42.6 Å². The third-order valence-electron chi connectivity index (χ3n) is 7.43. The fraction of sp³-hybridized carbons (Fsp3) is 0.480. The Balaban J connectivity index is 1.44. The summed E-state index contributed by atoms with van der Waals surface area (Å²) < 4.78 is 5.42. The molecule has 1 aromatic carbocycles. The van der Waals surface area contributed by atoms with Crippen LogP contribution in [0.5, 0.6) is 5.75 Å². The third-order valence-corrected chi connectivity index (χ3v) is 7.43. The minimum atomic E-state index is -0.464. The van der Waals surface area contributed by atoms with Gasteiger partial charge in [0.25, 0.3) is 0 Å². The van der Waals surface area contributed by atoms with Gasteiger partial charge in [-0.25, -0.2) is 4.98 Å². The minimum Gasteiger partial charge on any atom is -0.497 e. The fourth-order valence-electron chi connectivity index (χ4n) is 5.98. The zero-order valence-electron chi connectivity index (χ0n) is 18.4. The number of hydrogen-bond donors (Lipinski definition) is 1. The van der Waals surface area contributed by atoms with Crippen molar-refractivity contribution >= 4 is 17.6 Å². The predicted octanol–water partition coefficient (Wildman–Crippen LogP) is 2.64. The van der Waals surface area contributed by atoms with Gasteiger partial charge in [-0.15, -0.1) is 0 Å². The Morgan fingerprint density at radius 1 is 1.22 bits per heavy atom. The largest absolute Gasteiger partial charge is 0.497 e. The number of benzene rings is 1. The van der Waals surface area contributed by atoms with Crippen molar-refractivity contribution in [2.45, 2.75) is 44.2 Å². The maximum absolute atomic E-state index is 13.1. The van der Waals surface area contributed by atoms with E-state index < -0.39 is 5.91 Å². The van der Waals surface area contributed by atoms with Crippen LogP contribution in [0.1, 0.15) is 41.6 Å². The summed E-state index contributed by atoms with van der Waals surface area (Å²) in [5.41, 5.74) is 7.00. The molecule has 168 valence electrons. The predicted molar refractivity (Wildman–Crippen MR) is 122 cm³/mol. The van der Waals surface area contributed by atoms with E-state index in [4.69, 9.17) is 10.5 Å². The first-order chi connectivity index (χ1) is 15.5. The molecule has 3 aliphatic heterocycles. The number of carbonyl (C=O) groups excluding carboxylic acids is 2. The van der Waals surface area contributed by atoms with E-state index >= 15 is 0 Å². The average molecular weight is 435 g/mol. The van der Waals surface area contributed by atoms with E-state index in [2.05, 4.69) is 26.9 Å². The Bertz CT molecular complexity index is 1010. The van der Waals surface area contributed by atoms with Gasteiger partial charge in [0.15, 0.2) is 0 Å². The number of nitrogens with two attached hydrogens (primary N) is 1. The van der Waals surface area contributed by atoms with Crippen molar-refractivity contribution in [3.63, 3.8) is 0 Å². The summed E-state index contributed by atoms with van der Waals surface area (Å²) in [7, 11) is 1.68. The van der Waals surface area contributed by atoms with Crippen LogP contribution in [-0.2, 0) is 11.2 Å². The van der Waals surface area contributed by atoms with Crippen LogP contribution >= 0.6 is 0 Å². The van der Waals surface area contributed by atoms with Gasteiger partial charge < -0.3 is 20.3 Å². The number of methoxy groups -OCH3 is 1. The molecule has 3 saturated heterocycles. The summed E-state index contributed by atoms with van der Waals surface area (Å²) in [6.07, 6.45) is 6.23. The van der Waals surface area contributed by atoms with Crippen molar-refractivity contribution in [2.75, 3.05) is 25.1 Å². The zero-order chi connectivity index (χ0) is 22.2. The summed E-state index contributed by atoms with van der Waals surface area (Å²) in [4.78, 5) is 33.6. The molecule has 0 aliphatic carbocycles. The van der Waals surface area contributed by atoms with Crippen LogP contribution in [0.25, 0.3) is 0 Å². The van der Waals surface area contributed by atoms with E-state index in [0.717, 1.165) is 50.3 Å². The summed E-state index contributed by atoms with van der Waals surface area (Å²) in [5, 5.41) is 0. The second-order valence-corrected chi connectivity index (χ2v) is 9.31. The highest BCUT2D eigenvalue weighted by atomic mass is 16.5. The van der Waals surface area contributed by atoms with Crippen molar-refractivity contribution in [3.8, 4) is 5.75 Å². The molecule has 32 heavy (non-hydrogen) atoms. The first-order valence-electron chi connectivity index (χ1n) is 11.5. The molecule has 7 heteroatoms. The molecule has 3 aliphatic rings. The van der Waals surface area contributed by atoms with Crippen LogP contribution in [-0.4, -0.2) is 54.0 Å². The molecule has 3 fully saturated rings. The van der Waals surface area contributed by atoms with E-state index in [1.54, 1.807) is 19.4 Å². The Labute approximate surface area is 188 Å². The molecule has 0 unspecified atom stereocenters. The number of ether oxygens (including phenoxy) is 1. The van der Waals surface area contributed by atoms with Crippen molar-refractivity contribution in [1.29, 1.82) is 0 Å². The molecule has 0 radical (unpaired) electrons. The number of anilines is 1. The van der Waals surface area contributed by atoms with Crippen LogP contribution in [0.4, 0.5) is 5.82 Å². The van der Waals surface area contributed by atoms with Gasteiger partial charge in [0.1, 0.15) is 11.6 Å². The molecular formula is C25H30N4O3. The summed E-state index contributed by atoms with van der Waals surface area (Å²) in [6, 6.07) is 12.3. The maximum atomic E-state index is 13.1. The highest BCUT2D eigenvalue weighted by molar-refractivity contribution is 5.92. The highest BCUT2D eigenvalue weighted by Gasteiger charge is 2.49. The molecule has 2 aromatic rings. The van der Waals surface area contributed by atoms with Gasteiger partial charge >= 0.3 is 0 Å². The molecule has 2 amide bonds. The van der Waals surface area contributed by atoms with Crippen molar-refractivity contribution in [1.82, 2.24) is 9.88 Å². The number of amides is 2.